The predicted octanol–water partition coefficient (Wildman–Crippen LogP) is 4.72. The summed E-state index contributed by atoms with van der Waals surface area (Å²) in [6.45, 7) is 2.85. The summed E-state index contributed by atoms with van der Waals surface area (Å²) in [5, 5.41) is 2.07. The van der Waals surface area contributed by atoms with Crippen LogP contribution in [-0.4, -0.2) is 54.9 Å². The van der Waals surface area contributed by atoms with Crippen LogP contribution in [0.4, 0.5) is 0 Å². The molecule has 2 saturated heterocycles. The van der Waals surface area contributed by atoms with Crippen molar-refractivity contribution >= 4 is 22.6 Å². The third-order valence-electron chi connectivity index (χ3n) is 7.24. The van der Waals surface area contributed by atoms with E-state index in [2.05, 4.69) is 12.1 Å². The minimum atomic E-state index is 0.0104. The van der Waals surface area contributed by atoms with Gasteiger partial charge in [0.25, 0.3) is 5.91 Å². The number of nitrogens with zero attached hydrogens (tertiary/aromatic N) is 2. The van der Waals surface area contributed by atoms with Gasteiger partial charge in [-0.3, -0.25) is 9.59 Å². The first-order chi connectivity index (χ1) is 16.1. The van der Waals surface area contributed by atoms with E-state index in [1.807, 2.05) is 64.4 Å². The lowest BCUT2D eigenvalue weighted by atomic mass is 9.94. The van der Waals surface area contributed by atoms with Crippen molar-refractivity contribution in [2.75, 3.05) is 33.3 Å². The van der Waals surface area contributed by atoms with Crippen LogP contribution in [0.5, 0.6) is 5.75 Å². The number of hydrogen-bond donors (Lipinski definition) is 0. The molecule has 33 heavy (non-hydrogen) atoms. The molecule has 1 unspecified atom stereocenters. The summed E-state index contributed by atoms with van der Waals surface area (Å²) in [5.74, 6) is 1.57. The van der Waals surface area contributed by atoms with E-state index in [4.69, 9.17) is 4.74 Å². The minimum Gasteiger partial charge on any atom is -0.497 e. The molecule has 2 fully saturated rings. The highest BCUT2D eigenvalue weighted by atomic mass is 16.5. The molecule has 0 bridgehead atoms. The average Bonchev–Trinajstić information content (AvgIpc) is 3.38. The van der Waals surface area contributed by atoms with Crippen LogP contribution in [0.3, 0.4) is 0 Å². The Morgan fingerprint density at radius 1 is 0.818 bits per heavy atom. The van der Waals surface area contributed by atoms with Gasteiger partial charge in [0.15, 0.2) is 0 Å². The van der Waals surface area contributed by atoms with E-state index in [1.54, 1.807) is 7.11 Å². The summed E-state index contributed by atoms with van der Waals surface area (Å²) < 4.78 is 5.25. The number of rotatable bonds is 4. The Morgan fingerprint density at radius 2 is 1.52 bits per heavy atom. The smallest absolute Gasteiger partial charge is 0.254 e. The number of likely N-dealkylation sites (tertiary alicyclic amines) is 2. The molecule has 0 radical (unpaired) electrons. The number of amides is 2. The summed E-state index contributed by atoms with van der Waals surface area (Å²) in [5.41, 5.74) is 2.02. The monoisotopic (exact) mass is 442 g/mol. The van der Waals surface area contributed by atoms with Crippen molar-refractivity contribution in [3.8, 4) is 5.75 Å². The number of hydrogen-bond acceptors (Lipinski definition) is 3. The summed E-state index contributed by atoms with van der Waals surface area (Å²) in [6.07, 6.45) is 2.47. The van der Waals surface area contributed by atoms with E-state index in [9.17, 15) is 9.59 Å². The van der Waals surface area contributed by atoms with Crippen LogP contribution < -0.4 is 4.74 Å². The zero-order valence-electron chi connectivity index (χ0n) is 19.1. The van der Waals surface area contributed by atoms with Crippen LogP contribution in [0.25, 0.3) is 10.8 Å². The van der Waals surface area contributed by atoms with Gasteiger partial charge >= 0.3 is 0 Å². The quantitative estimate of drug-likeness (QED) is 0.588. The standard InChI is InChI=1S/C28H30N2O3/c1-33-24-11-9-20(10-12-24)23-15-18-30(19-23)27(31)22-13-16-29(17-14-22)28(32)26-8-4-6-21-5-2-3-7-25(21)26/h2-12,22-23H,13-19H2,1H3. The number of methoxy groups -OCH3 is 1. The molecule has 2 aliphatic rings. The molecule has 0 N–H and O–H groups in total. The number of fused-ring (bicyclic) bond motifs is 1. The van der Waals surface area contributed by atoms with Crippen LogP contribution in [0.15, 0.2) is 66.7 Å². The topological polar surface area (TPSA) is 49.9 Å². The van der Waals surface area contributed by atoms with Crippen molar-refractivity contribution in [1.29, 1.82) is 0 Å². The Bertz CT molecular complexity index is 1140. The lowest BCUT2D eigenvalue weighted by Crippen LogP contribution is -2.44. The predicted molar refractivity (Wildman–Crippen MR) is 130 cm³/mol. The van der Waals surface area contributed by atoms with Gasteiger partial charge in [-0.1, -0.05) is 48.5 Å². The van der Waals surface area contributed by atoms with Crippen molar-refractivity contribution in [2.24, 2.45) is 5.92 Å². The number of piperidine rings is 1. The second kappa shape index (κ2) is 9.26. The average molecular weight is 443 g/mol. The van der Waals surface area contributed by atoms with Gasteiger partial charge in [0.05, 0.1) is 7.11 Å². The highest BCUT2D eigenvalue weighted by Crippen LogP contribution is 2.31. The molecule has 0 aromatic heterocycles. The van der Waals surface area contributed by atoms with E-state index >= 15 is 0 Å². The van der Waals surface area contributed by atoms with Crippen molar-refractivity contribution in [2.45, 2.75) is 25.2 Å². The minimum absolute atomic E-state index is 0.0104. The maximum Gasteiger partial charge on any atom is 0.254 e. The summed E-state index contributed by atoms with van der Waals surface area (Å²) in [4.78, 5) is 30.4. The molecule has 5 rings (SSSR count). The number of carbonyl (C=O) groups excluding carboxylic acids is 2. The molecule has 5 heteroatoms. The lowest BCUT2D eigenvalue weighted by Gasteiger charge is -2.33. The fourth-order valence-corrected chi connectivity index (χ4v) is 5.28. The summed E-state index contributed by atoms with van der Waals surface area (Å²) >= 11 is 0. The first kappa shape index (κ1) is 21.5. The Labute approximate surface area is 194 Å². The second-order valence-electron chi connectivity index (χ2n) is 9.14. The van der Waals surface area contributed by atoms with Crippen LogP contribution >= 0.6 is 0 Å². The van der Waals surface area contributed by atoms with Crippen molar-refractivity contribution < 1.29 is 14.3 Å². The number of ether oxygens (including phenoxy) is 1. The van der Waals surface area contributed by atoms with E-state index in [1.165, 1.54) is 5.56 Å². The molecular formula is C28H30N2O3. The van der Waals surface area contributed by atoms with Crippen molar-refractivity contribution in [1.82, 2.24) is 9.80 Å². The normalized spacial score (nSPS) is 19.1. The Balaban J connectivity index is 1.18. The van der Waals surface area contributed by atoms with Gasteiger partial charge in [0.1, 0.15) is 5.75 Å². The van der Waals surface area contributed by atoms with Crippen LogP contribution in [0.2, 0.25) is 0 Å². The molecular weight excluding hydrogens is 412 g/mol. The SMILES string of the molecule is COc1ccc(C2CCN(C(=O)C3CCN(C(=O)c4cccc5ccccc45)CC3)C2)cc1. The fourth-order valence-electron chi connectivity index (χ4n) is 5.28. The Hall–Kier alpha value is -3.34. The molecule has 170 valence electrons. The first-order valence-electron chi connectivity index (χ1n) is 11.8. The van der Waals surface area contributed by atoms with E-state index in [0.717, 1.165) is 54.4 Å². The largest absolute Gasteiger partial charge is 0.497 e. The zero-order valence-corrected chi connectivity index (χ0v) is 19.1. The molecule has 1 atom stereocenters. The highest BCUT2D eigenvalue weighted by molar-refractivity contribution is 6.07. The molecule has 5 nitrogen and oxygen atoms in total. The molecule has 0 aliphatic carbocycles. The number of carbonyl (C=O) groups is 2. The summed E-state index contributed by atoms with van der Waals surface area (Å²) in [6, 6.07) is 22.1. The molecule has 2 amide bonds. The van der Waals surface area contributed by atoms with Gasteiger partial charge < -0.3 is 14.5 Å². The third-order valence-corrected chi connectivity index (χ3v) is 7.24. The molecule has 2 aliphatic heterocycles. The maximum absolute atomic E-state index is 13.2. The van der Waals surface area contributed by atoms with E-state index in [-0.39, 0.29) is 17.7 Å². The van der Waals surface area contributed by atoms with Gasteiger partial charge in [-0.15, -0.1) is 0 Å². The molecule has 3 aromatic rings. The van der Waals surface area contributed by atoms with Gasteiger partial charge in [-0.2, -0.15) is 0 Å². The highest BCUT2D eigenvalue weighted by Gasteiger charge is 2.34. The van der Waals surface area contributed by atoms with Crippen LogP contribution in [0, 0.1) is 5.92 Å². The Morgan fingerprint density at radius 3 is 2.27 bits per heavy atom. The maximum atomic E-state index is 13.2. The van der Waals surface area contributed by atoms with Crippen molar-refractivity contribution in [3.63, 3.8) is 0 Å². The van der Waals surface area contributed by atoms with E-state index in [0.29, 0.717) is 19.0 Å². The van der Waals surface area contributed by atoms with Crippen LogP contribution in [0.1, 0.15) is 41.1 Å². The molecule has 3 aromatic carbocycles. The van der Waals surface area contributed by atoms with Gasteiger partial charge in [0, 0.05) is 43.6 Å². The molecule has 0 spiro atoms. The Kier molecular flexibility index (Phi) is 6.03. The molecule has 0 saturated carbocycles. The first-order valence-corrected chi connectivity index (χ1v) is 11.8. The van der Waals surface area contributed by atoms with Gasteiger partial charge in [-0.05, 0) is 53.8 Å². The number of benzene rings is 3. The third kappa shape index (κ3) is 4.32. The summed E-state index contributed by atoms with van der Waals surface area (Å²) in [7, 11) is 1.67. The van der Waals surface area contributed by atoms with Crippen molar-refractivity contribution in [3.05, 3.63) is 77.9 Å². The zero-order chi connectivity index (χ0) is 22.8. The fraction of sp³-hybridized carbons (Fsp3) is 0.357. The molecule has 2 heterocycles. The second-order valence-corrected chi connectivity index (χ2v) is 9.14. The van der Waals surface area contributed by atoms with Gasteiger partial charge in [0.2, 0.25) is 5.91 Å². The lowest BCUT2D eigenvalue weighted by molar-refractivity contribution is -0.135. The van der Waals surface area contributed by atoms with Crippen LogP contribution in [-0.2, 0) is 4.79 Å². The van der Waals surface area contributed by atoms with E-state index < -0.39 is 0 Å². The van der Waals surface area contributed by atoms with Gasteiger partial charge in [-0.25, -0.2) is 0 Å².